The molecule has 29 heavy (non-hydrogen) atoms. The van der Waals surface area contributed by atoms with Gasteiger partial charge in [0.2, 0.25) is 0 Å². The normalized spacial score (nSPS) is 21.8. The van der Waals surface area contributed by atoms with E-state index < -0.39 is 0 Å². The molecule has 3 nitrogen and oxygen atoms in total. The molecule has 0 spiro atoms. The van der Waals surface area contributed by atoms with E-state index in [2.05, 4.69) is 46.2 Å². The molecule has 0 radical (unpaired) electrons. The highest BCUT2D eigenvalue weighted by Gasteiger charge is 2.35. The van der Waals surface area contributed by atoms with Crippen molar-refractivity contribution in [2.24, 2.45) is 4.99 Å². The van der Waals surface area contributed by atoms with Gasteiger partial charge in [0.1, 0.15) is 5.71 Å². The highest BCUT2D eigenvalue weighted by atomic mass is 127. The number of allylic oxidation sites excluding steroid dienone is 1. The Morgan fingerprint density at radius 1 is 0.931 bits per heavy atom. The Balaban J connectivity index is 1.53. The number of carbonyl (C=O) groups is 1. The van der Waals surface area contributed by atoms with E-state index in [1.54, 1.807) is 4.90 Å². The van der Waals surface area contributed by atoms with E-state index in [1.807, 2.05) is 78.5 Å². The van der Waals surface area contributed by atoms with Crippen LogP contribution in [0.15, 0.2) is 95.3 Å². The molecule has 0 aliphatic carbocycles. The van der Waals surface area contributed by atoms with Gasteiger partial charge in [0.25, 0.3) is 5.91 Å². The Bertz CT molecular complexity index is 1140. The average Bonchev–Trinajstić information content (AvgIpc) is 3.32. The largest absolute Gasteiger partial charge is 0.282 e. The van der Waals surface area contributed by atoms with Crippen LogP contribution in [-0.2, 0) is 8.22 Å². The molecule has 2 aliphatic heterocycles. The van der Waals surface area contributed by atoms with Gasteiger partial charge in [-0.3, -0.25) is 9.69 Å². The maximum Gasteiger partial charge on any atom is 0.282 e. The average molecular weight is 508 g/mol. The lowest BCUT2D eigenvalue weighted by atomic mass is 10.0. The molecule has 1 amide bonds. The van der Waals surface area contributed by atoms with E-state index in [1.165, 1.54) is 5.56 Å². The molecule has 3 aromatic rings. The number of hydrogen-bond acceptors (Lipinski definition) is 3. The van der Waals surface area contributed by atoms with Crippen molar-refractivity contribution in [1.82, 2.24) is 0 Å². The third-order valence-corrected chi connectivity index (χ3v) is 7.96. The molecule has 1 unspecified atom stereocenters. The van der Waals surface area contributed by atoms with Gasteiger partial charge in [-0.15, -0.1) is 11.8 Å². The lowest BCUT2D eigenvalue weighted by Crippen LogP contribution is -2.25. The summed E-state index contributed by atoms with van der Waals surface area (Å²) in [5.74, 6) is 0.946. The molecule has 142 valence electrons. The Morgan fingerprint density at radius 3 is 2.38 bits per heavy atom. The minimum absolute atomic E-state index is 0.0357. The molecular weight excluding hydrogens is 491 g/mol. The van der Waals surface area contributed by atoms with Gasteiger partial charge in [-0.1, -0.05) is 77.2 Å². The molecule has 5 rings (SSSR count). The zero-order chi connectivity index (χ0) is 19.8. The molecule has 0 fully saturated rings. The van der Waals surface area contributed by atoms with Crippen LogP contribution < -0.4 is 4.90 Å². The summed E-state index contributed by atoms with van der Waals surface area (Å²) in [4.78, 5) is 19.8. The number of aliphatic imine (C=N–C) groups is 1. The molecule has 0 aromatic heterocycles. The Hall–Kier alpha value is -2.38. The minimum Gasteiger partial charge on any atom is -0.275 e. The standard InChI is InChI=1S/C24H17IN2OS/c25-24(14-15-29-16-24)17-10-12-18(13-11-17)26-22-20-8-4-5-9-21(20)27(23(22)28)19-6-2-1-3-7-19/h1-15H,16H2. The number of halogens is 1. The summed E-state index contributed by atoms with van der Waals surface area (Å²) in [5, 5.41) is 2.16. The van der Waals surface area contributed by atoms with Gasteiger partial charge in [0.15, 0.2) is 0 Å². The summed E-state index contributed by atoms with van der Waals surface area (Å²) >= 11 is 4.33. The van der Waals surface area contributed by atoms with E-state index in [0.717, 1.165) is 28.4 Å². The highest BCUT2D eigenvalue weighted by Crippen LogP contribution is 2.43. The fourth-order valence-electron chi connectivity index (χ4n) is 3.64. The quantitative estimate of drug-likeness (QED) is 0.304. The first-order valence-electron chi connectivity index (χ1n) is 9.32. The number of benzene rings is 3. The lowest BCUT2D eigenvalue weighted by molar-refractivity contribution is -0.111. The van der Waals surface area contributed by atoms with Gasteiger partial charge in [0.05, 0.1) is 14.8 Å². The van der Waals surface area contributed by atoms with Crippen molar-refractivity contribution >= 4 is 63.0 Å². The van der Waals surface area contributed by atoms with Crippen LogP contribution in [0.1, 0.15) is 11.1 Å². The number of para-hydroxylation sites is 2. The number of alkyl halides is 1. The summed E-state index contributed by atoms with van der Waals surface area (Å²) in [6.07, 6.45) is 2.24. The number of rotatable bonds is 3. The van der Waals surface area contributed by atoms with Crippen LogP contribution in [0.2, 0.25) is 0 Å². The summed E-state index contributed by atoms with van der Waals surface area (Å²) in [7, 11) is 0. The summed E-state index contributed by atoms with van der Waals surface area (Å²) in [6, 6.07) is 25.8. The molecule has 0 saturated heterocycles. The zero-order valence-corrected chi connectivity index (χ0v) is 18.4. The van der Waals surface area contributed by atoms with Crippen molar-refractivity contribution in [2.75, 3.05) is 10.7 Å². The van der Waals surface area contributed by atoms with E-state index in [0.29, 0.717) is 5.71 Å². The van der Waals surface area contributed by atoms with Gasteiger partial charge in [-0.25, -0.2) is 4.99 Å². The topological polar surface area (TPSA) is 32.7 Å². The molecule has 0 bridgehead atoms. The SMILES string of the molecule is O=C1C(=Nc2ccc(C3(I)C=CSC3)cc2)c2ccccc2N1c1ccccc1. The maximum absolute atomic E-state index is 13.3. The first kappa shape index (κ1) is 18.6. The van der Waals surface area contributed by atoms with E-state index in [-0.39, 0.29) is 9.33 Å². The predicted molar refractivity (Wildman–Crippen MR) is 130 cm³/mol. The number of carbonyl (C=O) groups excluding carboxylic acids is 1. The fraction of sp³-hybridized carbons (Fsp3) is 0.0833. The van der Waals surface area contributed by atoms with Crippen LogP contribution in [0.25, 0.3) is 0 Å². The molecule has 2 aliphatic rings. The van der Waals surface area contributed by atoms with Crippen LogP contribution >= 0.6 is 34.4 Å². The van der Waals surface area contributed by atoms with Crippen molar-refractivity contribution < 1.29 is 4.79 Å². The second-order valence-electron chi connectivity index (χ2n) is 6.98. The number of anilines is 2. The summed E-state index contributed by atoms with van der Waals surface area (Å²) in [6.45, 7) is 0. The van der Waals surface area contributed by atoms with Crippen LogP contribution in [0.5, 0.6) is 0 Å². The van der Waals surface area contributed by atoms with Crippen LogP contribution in [0.4, 0.5) is 17.1 Å². The fourth-order valence-corrected chi connectivity index (χ4v) is 5.89. The van der Waals surface area contributed by atoms with Gasteiger partial charge in [0, 0.05) is 17.0 Å². The second-order valence-corrected chi connectivity index (χ2v) is 9.80. The van der Waals surface area contributed by atoms with Gasteiger partial charge >= 0.3 is 0 Å². The van der Waals surface area contributed by atoms with Crippen LogP contribution in [0.3, 0.4) is 0 Å². The van der Waals surface area contributed by atoms with Crippen molar-refractivity contribution in [3.8, 4) is 0 Å². The molecule has 0 N–H and O–H groups in total. The Labute approximate surface area is 187 Å². The number of hydrogen-bond donors (Lipinski definition) is 0. The van der Waals surface area contributed by atoms with Crippen LogP contribution in [0, 0.1) is 0 Å². The van der Waals surface area contributed by atoms with Crippen molar-refractivity contribution in [3.63, 3.8) is 0 Å². The number of thioether (sulfide) groups is 1. The Morgan fingerprint density at radius 2 is 1.66 bits per heavy atom. The first-order chi connectivity index (χ1) is 14.2. The molecule has 3 aromatic carbocycles. The molecular formula is C24H17IN2OS. The van der Waals surface area contributed by atoms with Gasteiger partial charge in [-0.05, 0) is 41.3 Å². The number of nitrogens with zero attached hydrogens (tertiary/aromatic N) is 2. The highest BCUT2D eigenvalue weighted by molar-refractivity contribution is 14.1. The van der Waals surface area contributed by atoms with Crippen LogP contribution in [-0.4, -0.2) is 17.4 Å². The van der Waals surface area contributed by atoms with Crippen molar-refractivity contribution in [2.45, 2.75) is 3.42 Å². The van der Waals surface area contributed by atoms with E-state index >= 15 is 0 Å². The molecule has 2 heterocycles. The van der Waals surface area contributed by atoms with Crippen molar-refractivity contribution in [3.05, 3.63) is 101 Å². The number of fused-ring (bicyclic) bond motifs is 1. The van der Waals surface area contributed by atoms with E-state index in [9.17, 15) is 4.79 Å². The zero-order valence-electron chi connectivity index (χ0n) is 15.5. The molecule has 1 atom stereocenters. The smallest absolute Gasteiger partial charge is 0.275 e. The van der Waals surface area contributed by atoms with Gasteiger partial charge in [-0.2, -0.15) is 0 Å². The maximum atomic E-state index is 13.3. The molecule has 0 saturated carbocycles. The number of amides is 1. The Kier molecular flexibility index (Phi) is 4.80. The second kappa shape index (κ2) is 7.46. The molecule has 5 heteroatoms. The lowest BCUT2D eigenvalue weighted by Gasteiger charge is -2.19. The van der Waals surface area contributed by atoms with Gasteiger partial charge < -0.3 is 0 Å². The predicted octanol–water partition coefficient (Wildman–Crippen LogP) is 6.38. The first-order valence-corrected chi connectivity index (χ1v) is 11.4. The third kappa shape index (κ3) is 3.32. The minimum atomic E-state index is -0.0954. The van der Waals surface area contributed by atoms with E-state index in [4.69, 9.17) is 4.99 Å². The van der Waals surface area contributed by atoms with Crippen molar-refractivity contribution in [1.29, 1.82) is 0 Å². The monoisotopic (exact) mass is 508 g/mol. The third-order valence-electron chi connectivity index (χ3n) is 5.13. The summed E-state index contributed by atoms with van der Waals surface area (Å²) in [5.41, 5.74) is 5.12. The summed E-state index contributed by atoms with van der Waals surface area (Å²) < 4.78 is 0.0357.